The molecule has 2 aromatic carbocycles. The van der Waals surface area contributed by atoms with Crippen molar-refractivity contribution >= 4 is 22.7 Å². The molecule has 0 amide bonds. The molecule has 1 atom stereocenters. The normalized spacial score (nSPS) is 12.7. The second kappa shape index (κ2) is 5.35. The number of oxazole rings is 1. The molecular weight excluding hydrogens is 295 g/mol. The van der Waals surface area contributed by atoms with E-state index < -0.39 is 11.8 Å². The molecule has 1 aromatic heterocycles. The van der Waals surface area contributed by atoms with Crippen LogP contribution in [-0.2, 0) is 0 Å². The molecule has 3 rings (SSSR count). The van der Waals surface area contributed by atoms with Crippen LogP contribution in [0.4, 0.5) is 4.39 Å². The van der Waals surface area contributed by atoms with Gasteiger partial charge in [0, 0.05) is 10.6 Å². The number of rotatable bonds is 3. The smallest absolute Gasteiger partial charge is 0.408 e. The predicted molar refractivity (Wildman–Crippen MR) is 79.1 cm³/mol. The Hall–Kier alpha value is -2.11. The van der Waals surface area contributed by atoms with E-state index in [4.69, 9.17) is 16.0 Å². The van der Waals surface area contributed by atoms with Gasteiger partial charge in [-0.1, -0.05) is 17.7 Å². The maximum atomic E-state index is 14.0. The lowest BCUT2D eigenvalue weighted by atomic mass is 9.98. The Morgan fingerprint density at radius 3 is 2.86 bits per heavy atom. The van der Waals surface area contributed by atoms with Gasteiger partial charge >= 0.3 is 5.76 Å². The molecule has 1 unspecified atom stereocenters. The molecule has 0 radical (unpaired) electrons. The number of H-pyrrole nitrogens is 1. The minimum atomic E-state index is -0.517. The van der Waals surface area contributed by atoms with Crippen LogP contribution in [-0.4, -0.2) is 12.0 Å². The van der Waals surface area contributed by atoms with Crippen LogP contribution in [0, 0.1) is 5.82 Å². The van der Waals surface area contributed by atoms with Crippen molar-refractivity contribution in [2.45, 2.75) is 6.04 Å². The summed E-state index contributed by atoms with van der Waals surface area (Å²) in [5.74, 6) is -0.869. The second-order valence-corrected chi connectivity index (χ2v) is 5.09. The zero-order valence-electron chi connectivity index (χ0n) is 11.1. The van der Waals surface area contributed by atoms with E-state index in [1.165, 1.54) is 12.1 Å². The van der Waals surface area contributed by atoms with Crippen molar-refractivity contribution in [3.05, 3.63) is 68.9 Å². The van der Waals surface area contributed by atoms with E-state index in [0.717, 1.165) is 5.56 Å². The highest BCUT2D eigenvalue weighted by atomic mass is 35.5. The number of nitrogens with one attached hydrogen (secondary N) is 2. The highest BCUT2D eigenvalue weighted by molar-refractivity contribution is 6.30. The minimum absolute atomic E-state index is 0.352. The summed E-state index contributed by atoms with van der Waals surface area (Å²) in [5.41, 5.74) is 2.24. The summed E-state index contributed by atoms with van der Waals surface area (Å²) in [6.45, 7) is 0. The van der Waals surface area contributed by atoms with Crippen LogP contribution in [0.1, 0.15) is 17.2 Å². The lowest BCUT2D eigenvalue weighted by Gasteiger charge is -2.18. The molecule has 1 heterocycles. The predicted octanol–water partition coefficient (Wildman–Crippen LogP) is 3.22. The first-order chi connectivity index (χ1) is 10.1. The number of fused-ring (bicyclic) bond motifs is 1. The topological polar surface area (TPSA) is 58.0 Å². The van der Waals surface area contributed by atoms with Crippen molar-refractivity contribution in [1.82, 2.24) is 10.3 Å². The van der Waals surface area contributed by atoms with Crippen LogP contribution < -0.4 is 11.1 Å². The molecule has 0 saturated heterocycles. The molecule has 6 heteroatoms. The molecule has 0 aliphatic heterocycles. The van der Waals surface area contributed by atoms with Crippen LogP contribution in [0.15, 0.2) is 45.6 Å². The number of aromatic nitrogens is 1. The molecular formula is C15H12ClFN2O2. The standard InChI is InChI=1S/C15H12ClFN2O2/c1-18-14(10-7-9(16)3-4-11(10)17)8-2-5-12-13(6-8)21-15(20)19-12/h2-7,14,18H,1H3,(H,19,20). The molecule has 4 nitrogen and oxygen atoms in total. The Balaban J connectivity index is 2.12. The van der Waals surface area contributed by atoms with Crippen molar-refractivity contribution in [3.8, 4) is 0 Å². The summed E-state index contributed by atoms with van der Waals surface area (Å²) in [7, 11) is 1.72. The van der Waals surface area contributed by atoms with Gasteiger partial charge in [0.2, 0.25) is 0 Å². The molecule has 0 saturated carbocycles. The van der Waals surface area contributed by atoms with Crippen LogP contribution in [0.5, 0.6) is 0 Å². The Morgan fingerprint density at radius 2 is 2.10 bits per heavy atom. The molecule has 0 bridgehead atoms. The van der Waals surface area contributed by atoms with E-state index in [2.05, 4.69) is 10.3 Å². The zero-order chi connectivity index (χ0) is 15.0. The van der Waals surface area contributed by atoms with E-state index in [1.54, 1.807) is 31.3 Å². The maximum absolute atomic E-state index is 14.0. The van der Waals surface area contributed by atoms with Crippen molar-refractivity contribution in [1.29, 1.82) is 0 Å². The number of hydrogen-bond acceptors (Lipinski definition) is 3. The molecule has 108 valence electrons. The van der Waals surface area contributed by atoms with Gasteiger partial charge in [0.05, 0.1) is 11.6 Å². The average Bonchev–Trinajstić information content (AvgIpc) is 2.83. The van der Waals surface area contributed by atoms with Crippen molar-refractivity contribution < 1.29 is 8.81 Å². The largest absolute Gasteiger partial charge is 0.417 e. The quantitative estimate of drug-likeness (QED) is 0.781. The van der Waals surface area contributed by atoms with Gasteiger partial charge in [-0.05, 0) is 42.9 Å². The first kappa shape index (κ1) is 13.9. The number of hydrogen-bond donors (Lipinski definition) is 2. The van der Waals surface area contributed by atoms with Crippen molar-refractivity contribution in [2.24, 2.45) is 0 Å². The van der Waals surface area contributed by atoms with Crippen LogP contribution in [0.3, 0.4) is 0 Å². The van der Waals surface area contributed by atoms with E-state index in [-0.39, 0.29) is 5.82 Å². The first-order valence-corrected chi connectivity index (χ1v) is 6.71. The van der Waals surface area contributed by atoms with Crippen molar-refractivity contribution in [3.63, 3.8) is 0 Å². The molecule has 0 aliphatic carbocycles. The molecule has 3 aromatic rings. The fourth-order valence-corrected chi connectivity index (χ4v) is 2.56. The Labute approximate surface area is 124 Å². The van der Waals surface area contributed by atoms with Gasteiger partial charge < -0.3 is 9.73 Å². The van der Waals surface area contributed by atoms with Gasteiger partial charge in [-0.3, -0.25) is 4.98 Å². The van der Waals surface area contributed by atoms with Crippen molar-refractivity contribution in [2.75, 3.05) is 7.05 Å². The second-order valence-electron chi connectivity index (χ2n) is 4.66. The van der Waals surface area contributed by atoms with Gasteiger partial charge in [0.1, 0.15) is 5.82 Å². The lowest BCUT2D eigenvalue weighted by Crippen LogP contribution is -2.18. The molecule has 2 N–H and O–H groups in total. The molecule has 0 fully saturated rings. The maximum Gasteiger partial charge on any atom is 0.417 e. The van der Waals surface area contributed by atoms with E-state index >= 15 is 0 Å². The van der Waals surface area contributed by atoms with E-state index in [1.807, 2.05) is 0 Å². The Morgan fingerprint density at radius 1 is 1.29 bits per heavy atom. The fourth-order valence-electron chi connectivity index (χ4n) is 2.38. The summed E-state index contributed by atoms with van der Waals surface area (Å²) >= 11 is 5.94. The van der Waals surface area contributed by atoms with Gasteiger partial charge in [-0.2, -0.15) is 0 Å². The lowest BCUT2D eigenvalue weighted by molar-refractivity contribution is 0.552. The van der Waals surface area contributed by atoms with Crippen LogP contribution in [0.25, 0.3) is 11.1 Å². The highest BCUT2D eigenvalue weighted by Gasteiger charge is 2.17. The highest BCUT2D eigenvalue weighted by Crippen LogP contribution is 2.28. The fraction of sp³-hybridized carbons (Fsp3) is 0.133. The minimum Gasteiger partial charge on any atom is -0.408 e. The first-order valence-electron chi connectivity index (χ1n) is 6.33. The number of aromatic amines is 1. The van der Waals surface area contributed by atoms with Gasteiger partial charge in [0.15, 0.2) is 5.58 Å². The third kappa shape index (κ3) is 2.57. The Kier molecular flexibility index (Phi) is 3.53. The van der Waals surface area contributed by atoms with E-state index in [0.29, 0.717) is 21.7 Å². The monoisotopic (exact) mass is 306 g/mol. The van der Waals surface area contributed by atoms with Crippen LogP contribution in [0.2, 0.25) is 5.02 Å². The summed E-state index contributed by atoms with van der Waals surface area (Å²) < 4.78 is 19.1. The molecule has 0 spiro atoms. The third-order valence-electron chi connectivity index (χ3n) is 3.34. The van der Waals surface area contributed by atoms with Crippen LogP contribution >= 0.6 is 11.6 Å². The number of benzene rings is 2. The third-order valence-corrected chi connectivity index (χ3v) is 3.57. The van der Waals surface area contributed by atoms with Gasteiger partial charge in [-0.15, -0.1) is 0 Å². The van der Waals surface area contributed by atoms with Gasteiger partial charge in [-0.25, -0.2) is 9.18 Å². The number of halogens is 2. The average molecular weight is 307 g/mol. The molecule has 0 aliphatic rings. The summed E-state index contributed by atoms with van der Waals surface area (Å²) in [4.78, 5) is 13.8. The summed E-state index contributed by atoms with van der Waals surface area (Å²) in [6, 6.07) is 9.24. The summed E-state index contributed by atoms with van der Waals surface area (Å²) in [6.07, 6.45) is 0. The molecule has 21 heavy (non-hydrogen) atoms. The summed E-state index contributed by atoms with van der Waals surface area (Å²) in [5, 5.41) is 3.50. The van der Waals surface area contributed by atoms with Gasteiger partial charge in [0.25, 0.3) is 0 Å². The zero-order valence-corrected chi connectivity index (χ0v) is 11.9. The van der Waals surface area contributed by atoms with E-state index in [9.17, 15) is 9.18 Å². The SMILES string of the molecule is CNC(c1ccc2[nH]c(=O)oc2c1)c1cc(Cl)ccc1F. The Bertz CT molecular complexity index is 856.